The lowest BCUT2D eigenvalue weighted by molar-refractivity contribution is 0.505. The number of hydrogen-bond acceptors (Lipinski definition) is 1. The second-order valence-electron chi connectivity index (χ2n) is 3.12. The zero-order valence-corrected chi connectivity index (χ0v) is 9.54. The molecule has 0 aliphatic rings. The predicted octanol–water partition coefficient (Wildman–Crippen LogP) is 4.36. The molecule has 0 amide bonds. The van der Waals surface area contributed by atoms with Gasteiger partial charge >= 0.3 is 0 Å². The van der Waals surface area contributed by atoms with Crippen LogP contribution in [0.5, 0.6) is 0 Å². The quantitative estimate of drug-likeness (QED) is 0.647. The highest BCUT2D eigenvalue weighted by atomic mass is 35.5. The standard InChI is InChI=1S/C10H20.ClH.H3N/c1-5-7-10(8-6-2)9(3)4;;/h10H,3,5-8H2,1-2,4H3;1H;1H3. The van der Waals surface area contributed by atoms with E-state index in [0.29, 0.717) is 0 Å². The molecule has 3 N–H and O–H groups in total. The van der Waals surface area contributed by atoms with Crippen LogP contribution in [-0.2, 0) is 0 Å². The summed E-state index contributed by atoms with van der Waals surface area (Å²) < 4.78 is 0. The number of rotatable bonds is 5. The van der Waals surface area contributed by atoms with Crippen molar-refractivity contribution < 1.29 is 0 Å². The third-order valence-corrected chi connectivity index (χ3v) is 1.97. The Morgan fingerprint density at radius 2 is 1.50 bits per heavy atom. The summed E-state index contributed by atoms with van der Waals surface area (Å²) in [6.45, 7) is 10.6. The van der Waals surface area contributed by atoms with Gasteiger partial charge in [0.15, 0.2) is 0 Å². The minimum Gasteiger partial charge on any atom is -0.344 e. The highest BCUT2D eigenvalue weighted by molar-refractivity contribution is 5.85. The van der Waals surface area contributed by atoms with E-state index in [2.05, 4.69) is 27.4 Å². The van der Waals surface area contributed by atoms with Gasteiger partial charge in [-0.05, 0) is 25.7 Å². The molecule has 1 nitrogen and oxygen atoms in total. The van der Waals surface area contributed by atoms with Crippen LogP contribution in [0.2, 0.25) is 0 Å². The van der Waals surface area contributed by atoms with Crippen LogP contribution in [0, 0.1) is 5.92 Å². The monoisotopic (exact) mass is 193 g/mol. The minimum atomic E-state index is 0. The van der Waals surface area contributed by atoms with E-state index in [0.717, 1.165) is 5.92 Å². The summed E-state index contributed by atoms with van der Waals surface area (Å²) in [5.41, 5.74) is 1.36. The van der Waals surface area contributed by atoms with Crippen LogP contribution in [-0.4, -0.2) is 0 Å². The van der Waals surface area contributed by atoms with Gasteiger partial charge in [0.2, 0.25) is 0 Å². The van der Waals surface area contributed by atoms with Gasteiger partial charge in [-0.1, -0.05) is 38.8 Å². The van der Waals surface area contributed by atoms with Crippen LogP contribution in [0.1, 0.15) is 46.5 Å². The minimum absolute atomic E-state index is 0. The van der Waals surface area contributed by atoms with E-state index in [1.54, 1.807) is 0 Å². The molecule has 0 fully saturated rings. The van der Waals surface area contributed by atoms with Gasteiger partial charge in [0.05, 0.1) is 0 Å². The fraction of sp³-hybridized carbons (Fsp3) is 0.800. The van der Waals surface area contributed by atoms with Crippen LogP contribution in [0.15, 0.2) is 12.2 Å². The molecule has 2 heteroatoms. The summed E-state index contributed by atoms with van der Waals surface area (Å²) in [6, 6.07) is 0. The van der Waals surface area contributed by atoms with Gasteiger partial charge in [-0.15, -0.1) is 12.4 Å². The molecule has 0 aromatic carbocycles. The Morgan fingerprint density at radius 1 is 1.17 bits per heavy atom. The Balaban J connectivity index is -0.000000405. The lowest BCUT2D eigenvalue weighted by atomic mass is 9.92. The van der Waals surface area contributed by atoms with Gasteiger partial charge in [0.25, 0.3) is 0 Å². The predicted molar refractivity (Wildman–Crippen MR) is 60.4 cm³/mol. The molecule has 0 heterocycles. The van der Waals surface area contributed by atoms with Gasteiger partial charge in [-0.2, -0.15) is 0 Å². The van der Waals surface area contributed by atoms with Gasteiger partial charge in [-0.3, -0.25) is 0 Å². The fourth-order valence-corrected chi connectivity index (χ4v) is 1.33. The molecule has 0 aliphatic heterocycles. The SMILES string of the molecule is C=C(C)C(CCC)CCC.Cl.N. The van der Waals surface area contributed by atoms with E-state index in [1.807, 2.05) is 0 Å². The average molecular weight is 194 g/mol. The highest BCUT2D eigenvalue weighted by Crippen LogP contribution is 2.20. The molecule has 0 aromatic rings. The van der Waals surface area contributed by atoms with E-state index in [9.17, 15) is 0 Å². The molecule has 0 bridgehead atoms. The van der Waals surface area contributed by atoms with Crippen molar-refractivity contribution in [1.29, 1.82) is 0 Å². The molecule has 0 unspecified atom stereocenters. The zero-order chi connectivity index (χ0) is 7.98. The van der Waals surface area contributed by atoms with E-state index >= 15 is 0 Å². The van der Waals surface area contributed by atoms with Crippen molar-refractivity contribution in [3.63, 3.8) is 0 Å². The van der Waals surface area contributed by atoms with Crippen molar-refractivity contribution >= 4 is 12.4 Å². The number of allylic oxidation sites excluding steroid dienone is 1. The Kier molecular flexibility index (Phi) is 16.4. The maximum atomic E-state index is 3.99. The second-order valence-corrected chi connectivity index (χ2v) is 3.12. The van der Waals surface area contributed by atoms with E-state index in [1.165, 1.54) is 31.3 Å². The normalized spacial score (nSPS) is 8.67. The Labute approximate surface area is 83.6 Å². The highest BCUT2D eigenvalue weighted by Gasteiger charge is 2.05. The van der Waals surface area contributed by atoms with Crippen molar-refractivity contribution in [3.05, 3.63) is 12.2 Å². The average Bonchev–Trinajstić information content (AvgIpc) is 1.87. The fourth-order valence-electron chi connectivity index (χ4n) is 1.33. The largest absolute Gasteiger partial charge is 0.344 e. The Bertz CT molecular complexity index is 96.0. The molecule has 0 aliphatic carbocycles. The van der Waals surface area contributed by atoms with Crippen LogP contribution < -0.4 is 6.15 Å². The van der Waals surface area contributed by atoms with Crippen molar-refractivity contribution in [2.45, 2.75) is 46.5 Å². The van der Waals surface area contributed by atoms with Crippen molar-refractivity contribution in [1.82, 2.24) is 6.15 Å². The molecular weight excluding hydrogens is 170 g/mol. The van der Waals surface area contributed by atoms with Gasteiger partial charge < -0.3 is 6.15 Å². The lowest BCUT2D eigenvalue weighted by Gasteiger charge is -2.14. The topological polar surface area (TPSA) is 35.0 Å². The summed E-state index contributed by atoms with van der Waals surface area (Å²) >= 11 is 0. The molecule has 0 atom stereocenters. The van der Waals surface area contributed by atoms with E-state index in [4.69, 9.17) is 0 Å². The third-order valence-electron chi connectivity index (χ3n) is 1.97. The van der Waals surface area contributed by atoms with Gasteiger partial charge in [0, 0.05) is 0 Å². The van der Waals surface area contributed by atoms with E-state index < -0.39 is 0 Å². The van der Waals surface area contributed by atoms with Crippen molar-refractivity contribution in [2.75, 3.05) is 0 Å². The first-order valence-electron chi connectivity index (χ1n) is 4.37. The third kappa shape index (κ3) is 8.09. The van der Waals surface area contributed by atoms with Crippen LogP contribution >= 0.6 is 12.4 Å². The first kappa shape index (κ1) is 17.9. The summed E-state index contributed by atoms with van der Waals surface area (Å²) in [7, 11) is 0. The molecule has 0 radical (unpaired) electrons. The van der Waals surface area contributed by atoms with E-state index in [-0.39, 0.29) is 18.6 Å². The molecule has 76 valence electrons. The lowest BCUT2D eigenvalue weighted by Crippen LogP contribution is -1.99. The van der Waals surface area contributed by atoms with Gasteiger partial charge in [-0.25, -0.2) is 0 Å². The number of hydrogen-bond donors (Lipinski definition) is 1. The second kappa shape index (κ2) is 11.0. The van der Waals surface area contributed by atoms with Crippen LogP contribution in [0.3, 0.4) is 0 Å². The summed E-state index contributed by atoms with van der Waals surface area (Å²) in [5, 5.41) is 0. The number of halogens is 1. The van der Waals surface area contributed by atoms with Crippen LogP contribution in [0.4, 0.5) is 0 Å². The smallest absolute Gasteiger partial charge is 0.0209 e. The maximum absolute atomic E-state index is 3.99. The molecular formula is C10H24ClN. The molecule has 0 rings (SSSR count). The van der Waals surface area contributed by atoms with Crippen LogP contribution in [0.25, 0.3) is 0 Å². The molecule has 0 saturated heterocycles. The summed E-state index contributed by atoms with van der Waals surface area (Å²) in [4.78, 5) is 0. The first-order chi connectivity index (χ1) is 4.72. The first-order valence-corrected chi connectivity index (χ1v) is 4.37. The molecule has 0 spiro atoms. The molecule has 0 aromatic heterocycles. The Hall–Kier alpha value is -0.0100. The van der Waals surface area contributed by atoms with Crippen molar-refractivity contribution in [3.8, 4) is 0 Å². The van der Waals surface area contributed by atoms with Gasteiger partial charge in [0.1, 0.15) is 0 Å². The molecule has 12 heavy (non-hydrogen) atoms. The summed E-state index contributed by atoms with van der Waals surface area (Å²) in [5.74, 6) is 0.787. The maximum Gasteiger partial charge on any atom is -0.0209 e. The zero-order valence-electron chi connectivity index (χ0n) is 8.73. The van der Waals surface area contributed by atoms with Crippen molar-refractivity contribution in [2.24, 2.45) is 5.92 Å². The molecule has 0 saturated carbocycles. The summed E-state index contributed by atoms with van der Waals surface area (Å²) in [6.07, 6.45) is 5.22. The Morgan fingerprint density at radius 3 is 1.67 bits per heavy atom.